The summed E-state index contributed by atoms with van der Waals surface area (Å²) in [4.78, 5) is 0. The summed E-state index contributed by atoms with van der Waals surface area (Å²) in [6.45, 7) is 6.13. The number of alkyl halides is 1. The highest BCUT2D eigenvalue weighted by Gasteiger charge is 2.13. The van der Waals surface area contributed by atoms with Crippen molar-refractivity contribution in [3.8, 4) is 5.69 Å². The van der Waals surface area contributed by atoms with Crippen molar-refractivity contribution in [2.45, 2.75) is 33.1 Å². The SMILES string of the molecule is CCc1c(C)nn(-c2ccc(F)cc2CCl)c1C. The molecular weight excluding hydrogens is 251 g/mol. The van der Waals surface area contributed by atoms with E-state index in [0.29, 0.717) is 0 Å². The average Bonchev–Trinajstić information content (AvgIpc) is 2.64. The van der Waals surface area contributed by atoms with Gasteiger partial charge >= 0.3 is 0 Å². The minimum absolute atomic E-state index is 0.271. The van der Waals surface area contributed by atoms with E-state index < -0.39 is 0 Å². The number of aromatic nitrogens is 2. The number of benzene rings is 1. The summed E-state index contributed by atoms with van der Waals surface area (Å²) >= 11 is 5.88. The summed E-state index contributed by atoms with van der Waals surface area (Å²) < 4.78 is 15.1. The quantitative estimate of drug-likeness (QED) is 0.770. The van der Waals surface area contributed by atoms with Gasteiger partial charge < -0.3 is 0 Å². The molecule has 0 spiro atoms. The normalized spacial score (nSPS) is 10.9. The number of nitrogens with zero attached hydrogens (tertiary/aromatic N) is 2. The Morgan fingerprint density at radius 2 is 2.06 bits per heavy atom. The van der Waals surface area contributed by atoms with Crippen molar-refractivity contribution in [2.75, 3.05) is 0 Å². The van der Waals surface area contributed by atoms with Crippen LogP contribution in [0.4, 0.5) is 4.39 Å². The third-order valence-electron chi connectivity index (χ3n) is 3.21. The van der Waals surface area contributed by atoms with Crippen LogP contribution in [0.25, 0.3) is 5.69 Å². The van der Waals surface area contributed by atoms with Gasteiger partial charge in [-0.05, 0) is 49.6 Å². The summed E-state index contributed by atoms with van der Waals surface area (Å²) in [5, 5.41) is 4.53. The lowest BCUT2D eigenvalue weighted by Gasteiger charge is -2.09. The fourth-order valence-corrected chi connectivity index (χ4v) is 2.50. The highest BCUT2D eigenvalue weighted by Crippen LogP contribution is 2.23. The molecule has 0 unspecified atom stereocenters. The Hall–Kier alpha value is -1.35. The maximum absolute atomic E-state index is 13.2. The molecule has 2 nitrogen and oxygen atoms in total. The van der Waals surface area contributed by atoms with Gasteiger partial charge in [0.15, 0.2) is 0 Å². The molecule has 18 heavy (non-hydrogen) atoms. The molecule has 0 saturated carbocycles. The van der Waals surface area contributed by atoms with Crippen LogP contribution < -0.4 is 0 Å². The van der Waals surface area contributed by atoms with Gasteiger partial charge in [-0.1, -0.05) is 6.92 Å². The van der Waals surface area contributed by atoms with E-state index in [-0.39, 0.29) is 11.7 Å². The standard InChI is InChI=1S/C14H16ClFN2/c1-4-13-9(2)17-18(10(13)3)14-6-5-12(16)7-11(14)8-15/h5-7H,4,8H2,1-3H3. The maximum Gasteiger partial charge on any atom is 0.123 e. The minimum Gasteiger partial charge on any atom is -0.237 e. The van der Waals surface area contributed by atoms with Gasteiger partial charge in [-0.3, -0.25) is 0 Å². The lowest BCUT2D eigenvalue weighted by Crippen LogP contribution is -2.03. The second-order valence-corrected chi connectivity index (χ2v) is 4.59. The highest BCUT2D eigenvalue weighted by atomic mass is 35.5. The van der Waals surface area contributed by atoms with Crippen LogP contribution in [0.1, 0.15) is 29.4 Å². The molecule has 0 saturated heterocycles. The molecule has 0 radical (unpaired) electrons. The summed E-state index contributed by atoms with van der Waals surface area (Å²) in [6, 6.07) is 4.63. The Kier molecular flexibility index (Phi) is 3.71. The molecule has 0 bridgehead atoms. The van der Waals surface area contributed by atoms with E-state index in [0.717, 1.165) is 29.1 Å². The highest BCUT2D eigenvalue weighted by molar-refractivity contribution is 6.17. The van der Waals surface area contributed by atoms with Gasteiger partial charge in [0, 0.05) is 11.6 Å². The smallest absolute Gasteiger partial charge is 0.123 e. The lowest BCUT2D eigenvalue weighted by atomic mass is 10.1. The Morgan fingerprint density at radius 3 is 2.61 bits per heavy atom. The molecule has 0 fully saturated rings. The predicted molar refractivity (Wildman–Crippen MR) is 71.9 cm³/mol. The molecule has 2 aromatic rings. The Morgan fingerprint density at radius 1 is 1.33 bits per heavy atom. The van der Waals surface area contributed by atoms with Crippen molar-refractivity contribution in [3.63, 3.8) is 0 Å². The zero-order chi connectivity index (χ0) is 13.3. The number of aryl methyl sites for hydroxylation is 1. The van der Waals surface area contributed by atoms with E-state index in [1.165, 1.54) is 17.7 Å². The topological polar surface area (TPSA) is 17.8 Å². The first-order valence-corrected chi connectivity index (χ1v) is 6.51. The van der Waals surface area contributed by atoms with Crippen LogP contribution >= 0.6 is 11.6 Å². The van der Waals surface area contributed by atoms with Gasteiger partial charge in [-0.15, -0.1) is 11.6 Å². The first-order chi connectivity index (χ1) is 8.58. The molecule has 0 amide bonds. The van der Waals surface area contributed by atoms with Gasteiger partial charge in [0.1, 0.15) is 5.82 Å². The van der Waals surface area contributed by atoms with Crippen molar-refractivity contribution in [1.29, 1.82) is 0 Å². The molecule has 0 N–H and O–H groups in total. The zero-order valence-electron chi connectivity index (χ0n) is 10.8. The second-order valence-electron chi connectivity index (χ2n) is 4.32. The molecule has 4 heteroatoms. The van der Waals surface area contributed by atoms with Gasteiger partial charge in [0.2, 0.25) is 0 Å². The van der Waals surface area contributed by atoms with Crippen LogP contribution in [0, 0.1) is 19.7 Å². The number of hydrogen-bond donors (Lipinski definition) is 0. The van der Waals surface area contributed by atoms with Crippen molar-refractivity contribution >= 4 is 11.6 Å². The van der Waals surface area contributed by atoms with Crippen LogP contribution in [0.15, 0.2) is 18.2 Å². The van der Waals surface area contributed by atoms with Crippen LogP contribution in [-0.2, 0) is 12.3 Å². The average molecular weight is 267 g/mol. The molecule has 96 valence electrons. The van der Waals surface area contributed by atoms with Crippen LogP contribution in [-0.4, -0.2) is 9.78 Å². The molecule has 0 aliphatic rings. The molecular formula is C14H16ClFN2. The fraction of sp³-hybridized carbons (Fsp3) is 0.357. The number of hydrogen-bond acceptors (Lipinski definition) is 1. The lowest BCUT2D eigenvalue weighted by molar-refractivity contribution is 0.625. The molecule has 0 aliphatic carbocycles. The fourth-order valence-electron chi connectivity index (χ4n) is 2.29. The summed E-state index contributed by atoms with van der Waals surface area (Å²) in [5.41, 5.74) is 4.95. The van der Waals surface area contributed by atoms with Gasteiger partial charge in [-0.2, -0.15) is 5.10 Å². The van der Waals surface area contributed by atoms with Gasteiger partial charge in [0.25, 0.3) is 0 Å². The first-order valence-electron chi connectivity index (χ1n) is 5.98. The molecule has 1 aromatic heterocycles. The minimum atomic E-state index is -0.272. The van der Waals surface area contributed by atoms with Gasteiger partial charge in [0.05, 0.1) is 11.4 Å². The van der Waals surface area contributed by atoms with E-state index in [4.69, 9.17) is 11.6 Å². The van der Waals surface area contributed by atoms with E-state index in [9.17, 15) is 4.39 Å². The molecule has 0 aliphatic heterocycles. The molecule has 0 atom stereocenters. The predicted octanol–water partition coefficient (Wildman–Crippen LogP) is 3.93. The molecule has 2 rings (SSSR count). The zero-order valence-corrected chi connectivity index (χ0v) is 11.6. The summed E-state index contributed by atoms with van der Waals surface area (Å²) in [6.07, 6.45) is 0.940. The van der Waals surface area contributed by atoms with Crippen LogP contribution in [0.5, 0.6) is 0 Å². The Bertz CT molecular complexity index is 575. The Balaban J connectivity index is 2.62. The third-order valence-corrected chi connectivity index (χ3v) is 3.50. The van der Waals surface area contributed by atoms with Crippen LogP contribution in [0.3, 0.4) is 0 Å². The maximum atomic E-state index is 13.2. The van der Waals surface area contributed by atoms with E-state index in [1.807, 2.05) is 18.5 Å². The van der Waals surface area contributed by atoms with E-state index in [2.05, 4.69) is 12.0 Å². The monoisotopic (exact) mass is 266 g/mol. The first kappa shape index (κ1) is 13.1. The number of halogens is 2. The van der Waals surface area contributed by atoms with Crippen molar-refractivity contribution < 1.29 is 4.39 Å². The largest absolute Gasteiger partial charge is 0.237 e. The van der Waals surface area contributed by atoms with E-state index >= 15 is 0 Å². The van der Waals surface area contributed by atoms with Gasteiger partial charge in [-0.25, -0.2) is 9.07 Å². The van der Waals surface area contributed by atoms with Crippen molar-refractivity contribution in [3.05, 3.63) is 46.5 Å². The van der Waals surface area contributed by atoms with Crippen molar-refractivity contribution in [1.82, 2.24) is 9.78 Å². The molecule has 1 heterocycles. The second kappa shape index (κ2) is 5.11. The third kappa shape index (κ3) is 2.15. The summed E-state index contributed by atoms with van der Waals surface area (Å²) in [5.74, 6) is -0.000891. The Labute approximate surface area is 111 Å². The molecule has 1 aromatic carbocycles. The summed E-state index contributed by atoms with van der Waals surface area (Å²) in [7, 11) is 0. The van der Waals surface area contributed by atoms with Crippen molar-refractivity contribution in [2.24, 2.45) is 0 Å². The van der Waals surface area contributed by atoms with Crippen LogP contribution in [0.2, 0.25) is 0 Å². The number of rotatable bonds is 3. The van der Waals surface area contributed by atoms with E-state index in [1.54, 1.807) is 6.07 Å².